The molecule has 1 rings (SSSR count). The molecule has 0 heterocycles. The first-order chi connectivity index (χ1) is 8.95. The van der Waals surface area contributed by atoms with E-state index in [2.05, 4.69) is 5.32 Å². The third-order valence-corrected chi connectivity index (χ3v) is 2.85. The highest BCUT2D eigenvalue weighted by Gasteiger charge is 2.22. The van der Waals surface area contributed by atoms with Gasteiger partial charge < -0.3 is 15.0 Å². The van der Waals surface area contributed by atoms with E-state index >= 15 is 0 Å². The van der Waals surface area contributed by atoms with Gasteiger partial charge in [-0.15, -0.1) is 0 Å². The number of aryl methyl sites for hydroxylation is 1. The highest BCUT2D eigenvalue weighted by atomic mass is 16.5. The molecule has 5 nitrogen and oxygen atoms in total. The van der Waals surface area contributed by atoms with Crippen LogP contribution in [-0.4, -0.2) is 38.6 Å². The van der Waals surface area contributed by atoms with Crippen molar-refractivity contribution in [1.82, 2.24) is 5.32 Å². The van der Waals surface area contributed by atoms with Crippen LogP contribution in [0.2, 0.25) is 0 Å². The van der Waals surface area contributed by atoms with Crippen molar-refractivity contribution in [2.24, 2.45) is 0 Å². The van der Waals surface area contributed by atoms with E-state index in [-0.39, 0.29) is 5.91 Å². The van der Waals surface area contributed by atoms with Crippen molar-refractivity contribution in [2.45, 2.75) is 19.9 Å². The molecule has 0 fully saturated rings. The fourth-order valence-corrected chi connectivity index (χ4v) is 1.93. The number of nitrogens with one attached hydrogen (secondary N) is 1. The Balaban J connectivity index is 2.81. The van der Waals surface area contributed by atoms with Gasteiger partial charge in [0.2, 0.25) is 5.91 Å². The van der Waals surface area contributed by atoms with Crippen LogP contribution in [0.15, 0.2) is 24.3 Å². The van der Waals surface area contributed by atoms with Crippen LogP contribution in [-0.2, 0) is 14.3 Å². The number of esters is 1. The van der Waals surface area contributed by atoms with Gasteiger partial charge in [0, 0.05) is 26.2 Å². The summed E-state index contributed by atoms with van der Waals surface area (Å²) in [6, 6.07) is 7.18. The summed E-state index contributed by atoms with van der Waals surface area (Å²) in [6.45, 7) is 3.73. The second-order valence-electron chi connectivity index (χ2n) is 4.44. The van der Waals surface area contributed by atoms with E-state index in [1.165, 1.54) is 14.0 Å². The van der Waals surface area contributed by atoms with Crippen molar-refractivity contribution in [1.29, 1.82) is 0 Å². The Labute approximate surface area is 113 Å². The van der Waals surface area contributed by atoms with Crippen molar-refractivity contribution in [3.8, 4) is 0 Å². The molecule has 1 amide bonds. The van der Waals surface area contributed by atoms with Crippen molar-refractivity contribution in [3.05, 3.63) is 29.8 Å². The average Bonchev–Trinajstić information content (AvgIpc) is 2.36. The summed E-state index contributed by atoms with van der Waals surface area (Å²) in [4.78, 5) is 24.7. The molecule has 104 valence electrons. The Hall–Kier alpha value is -2.04. The Morgan fingerprint density at radius 1 is 1.37 bits per heavy atom. The lowest BCUT2D eigenvalue weighted by molar-refractivity contribution is -0.144. The molecule has 0 spiro atoms. The zero-order chi connectivity index (χ0) is 14.4. The van der Waals surface area contributed by atoms with Crippen LogP contribution in [0.3, 0.4) is 0 Å². The third kappa shape index (κ3) is 4.28. The molecule has 1 aromatic carbocycles. The number of anilines is 1. The van der Waals surface area contributed by atoms with E-state index in [9.17, 15) is 9.59 Å². The summed E-state index contributed by atoms with van der Waals surface area (Å²) >= 11 is 0. The van der Waals surface area contributed by atoms with E-state index < -0.39 is 12.0 Å². The Kier molecular flexibility index (Phi) is 5.36. The number of likely N-dealkylation sites (N-methyl/N-ethyl adjacent to an activating group) is 1. The number of hydrogen-bond acceptors (Lipinski definition) is 4. The molecule has 0 saturated carbocycles. The van der Waals surface area contributed by atoms with Crippen molar-refractivity contribution in [2.75, 3.05) is 25.6 Å². The van der Waals surface area contributed by atoms with E-state index in [1.54, 1.807) is 0 Å². The number of rotatable bonds is 5. The summed E-state index contributed by atoms with van der Waals surface area (Å²) in [5.41, 5.74) is 2.12. The van der Waals surface area contributed by atoms with Crippen LogP contribution >= 0.6 is 0 Å². The summed E-state index contributed by atoms with van der Waals surface area (Å²) in [5.74, 6) is -0.704. The van der Waals surface area contributed by atoms with Crippen molar-refractivity contribution >= 4 is 17.6 Å². The lowest BCUT2D eigenvalue weighted by Crippen LogP contribution is -2.47. The monoisotopic (exact) mass is 264 g/mol. The van der Waals surface area contributed by atoms with Gasteiger partial charge in [-0.25, -0.2) is 4.79 Å². The maximum Gasteiger partial charge on any atom is 0.330 e. The van der Waals surface area contributed by atoms with Gasteiger partial charge in [0.15, 0.2) is 0 Å². The van der Waals surface area contributed by atoms with Crippen molar-refractivity contribution < 1.29 is 14.3 Å². The summed E-state index contributed by atoms with van der Waals surface area (Å²) < 4.78 is 4.70. The molecular formula is C14H20N2O3. The Morgan fingerprint density at radius 3 is 2.53 bits per heavy atom. The van der Waals surface area contributed by atoms with Gasteiger partial charge in [0.1, 0.15) is 6.04 Å². The van der Waals surface area contributed by atoms with Gasteiger partial charge in [-0.1, -0.05) is 18.2 Å². The zero-order valence-electron chi connectivity index (χ0n) is 11.8. The number of carbonyl (C=O) groups is 2. The minimum atomic E-state index is -0.674. The molecular weight excluding hydrogens is 244 g/mol. The number of para-hydroxylation sites is 1. The van der Waals surface area contributed by atoms with Gasteiger partial charge in [-0.3, -0.25) is 4.79 Å². The van der Waals surface area contributed by atoms with E-state index in [0.717, 1.165) is 11.3 Å². The topological polar surface area (TPSA) is 58.6 Å². The van der Waals surface area contributed by atoms with Gasteiger partial charge in [-0.05, 0) is 18.6 Å². The largest absolute Gasteiger partial charge is 0.467 e. The predicted octanol–water partition coefficient (Wildman–Crippen LogP) is 1.11. The molecule has 19 heavy (non-hydrogen) atoms. The molecule has 0 radical (unpaired) electrons. The molecule has 0 bridgehead atoms. The molecule has 1 unspecified atom stereocenters. The van der Waals surface area contributed by atoms with E-state index in [4.69, 9.17) is 4.74 Å². The summed E-state index contributed by atoms with van der Waals surface area (Å²) in [6.07, 6.45) is 0. The minimum Gasteiger partial charge on any atom is -0.467 e. The molecule has 0 aliphatic carbocycles. The second kappa shape index (κ2) is 6.78. The molecule has 1 atom stereocenters. The van der Waals surface area contributed by atoms with Crippen LogP contribution in [0.25, 0.3) is 0 Å². The Bertz CT molecular complexity index is 460. The van der Waals surface area contributed by atoms with Crippen LogP contribution in [0.5, 0.6) is 0 Å². The first-order valence-corrected chi connectivity index (χ1v) is 6.07. The quantitative estimate of drug-likeness (QED) is 0.809. The number of amides is 1. The number of ether oxygens (including phenoxy) is 1. The highest BCUT2D eigenvalue weighted by molar-refractivity contribution is 5.83. The van der Waals surface area contributed by atoms with Crippen LogP contribution < -0.4 is 10.2 Å². The van der Waals surface area contributed by atoms with Gasteiger partial charge in [0.05, 0.1) is 7.11 Å². The number of nitrogens with zero attached hydrogens (tertiary/aromatic N) is 1. The second-order valence-corrected chi connectivity index (χ2v) is 4.44. The maximum atomic E-state index is 11.6. The van der Waals surface area contributed by atoms with Crippen molar-refractivity contribution in [3.63, 3.8) is 0 Å². The number of hydrogen-bond donors (Lipinski definition) is 1. The molecule has 0 aliphatic rings. The molecule has 1 N–H and O–H groups in total. The lowest BCUT2D eigenvalue weighted by atomic mass is 10.1. The van der Waals surface area contributed by atoms with E-state index in [1.807, 2.05) is 43.1 Å². The van der Waals surface area contributed by atoms with Gasteiger partial charge in [-0.2, -0.15) is 0 Å². The number of carbonyl (C=O) groups excluding carboxylic acids is 2. The van der Waals surface area contributed by atoms with Crippen LogP contribution in [0, 0.1) is 6.92 Å². The zero-order valence-corrected chi connectivity index (χ0v) is 11.8. The number of methoxy groups -OCH3 is 1. The first kappa shape index (κ1) is 15.0. The minimum absolute atomic E-state index is 0.256. The molecule has 0 aromatic heterocycles. The van der Waals surface area contributed by atoms with Gasteiger partial charge >= 0.3 is 5.97 Å². The fourth-order valence-electron chi connectivity index (χ4n) is 1.93. The number of benzene rings is 1. The highest BCUT2D eigenvalue weighted by Crippen LogP contribution is 2.17. The fraction of sp³-hybridized carbons (Fsp3) is 0.429. The summed E-state index contributed by atoms with van der Waals surface area (Å²) in [7, 11) is 3.19. The molecule has 1 aromatic rings. The first-order valence-electron chi connectivity index (χ1n) is 6.07. The van der Waals surface area contributed by atoms with E-state index in [0.29, 0.717) is 6.54 Å². The van der Waals surface area contributed by atoms with Crippen LogP contribution in [0.4, 0.5) is 5.69 Å². The molecule has 0 saturated heterocycles. The SMILES string of the molecule is COC(=O)C(CN(C)c1ccccc1C)NC(C)=O. The normalized spacial score (nSPS) is 11.6. The molecule has 0 aliphatic heterocycles. The lowest BCUT2D eigenvalue weighted by Gasteiger charge is -2.25. The smallest absolute Gasteiger partial charge is 0.330 e. The third-order valence-electron chi connectivity index (χ3n) is 2.85. The molecule has 5 heteroatoms. The van der Waals surface area contributed by atoms with Gasteiger partial charge in [0.25, 0.3) is 0 Å². The summed E-state index contributed by atoms with van der Waals surface area (Å²) in [5, 5.41) is 2.60. The van der Waals surface area contributed by atoms with Crippen LogP contribution in [0.1, 0.15) is 12.5 Å². The Morgan fingerprint density at radius 2 is 2.00 bits per heavy atom. The standard InChI is InChI=1S/C14H20N2O3/c1-10-7-5-6-8-13(10)16(3)9-12(14(18)19-4)15-11(2)17/h5-8,12H,9H2,1-4H3,(H,15,17). The average molecular weight is 264 g/mol. The predicted molar refractivity (Wildman–Crippen MR) is 74.1 cm³/mol. The maximum absolute atomic E-state index is 11.6.